The zero-order chi connectivity index (χ0) is 13.9. The summed E-state index contributed by atoms with van der Waals surface area (Å²) < 4.78 is 0.311. The third kappa shape index (κ3) is 5.28. The first-order chi connectivity index (χ1) is 7.52. The number of carbonyl (C=O) groups is 2. The molecule has 2 unspecified atom stereocenters. The molecule has 0 fully saturated rings. The summed E-state index contributed by atoms with van der Waals surface area (Å²) in [5, 5.41) is 21.0. The van der Waals surface area contributed by atoms with Crippen LogP contribution in [0.15, 0.2) is 0 Å². The van der Waals surface area contributed by atoms with E-state index < -0.39 is 23.8 Å². The molecule has 0 aliphatic heterocycles. The lowest BCUT2D eigenvalue weighted by molar-refractivity contribution is -0.875. The zero-order valence-corrected chi connectivity index (χ0v) is 11.3. The number of ketones is 1. The number of quaternary nitrogens is 1. The molecule has 0 rings (SSSR count). The number of hydrogen-bond acceptors (Lipinski definition) is 4. The molecule has 0 aromatic carbocycles. The third-order valence-corrected chi connectivity index (χ3v) is 2.69. The maximum atomic E-state index is 12.1. The van der Waals surface area contributed by atoms with Gasteiger partial charge < -0.3 is 19.5 Å². The van der Waals surface area contributed by atoms with Gasteiger partial charge >= 0.3 is 0 Å². The number of likely N-dealkylation sites (N-methyl/N-ethyl adjacent to an activating group) is 1. The number of rotatable bonds is 7. The highest BCUT2D eigenvalue weighted by Crippen LogP contribution is 2.21. The maximum Gasteiger partial charge on any atom is 0.177 e. The van der Waals surface area contributed by atoms with Gasteiger partial charge in [0.1, 0.15) is 6.54 Å². The second-order valence-electron chi connectivity index (χ2n) is 5.70. The second kappa shape index (κ2) is 5.60. The van der Waals surface area contributed by atoms with Crippen molar-refractivity contribution < 1.29 is 24.3 Å². The van der Waals surface area contributed by atoms with Crippen LogP contribution >= 0.6 is 0 Å². The summed E-state index contributed by atoms with van der Waals surface area (Å²) in [7, 11) is 5.39. The van der Waals surface area contributed by atoms with E-state index in [0.717, 1.165) is 0 Å². The van der Waals surface area contributed by atoms with E-state index in [1.807, 2.05) is 6.92 Å². The Balaban J connectivity index is 5.09. The van der Waals surface area contributed by atoms with Crippen LogP contribution in [-0.4, -0.2) is 54.6 Å². The van der Waals surface area contributed by atoms with Crippen molar-refractivity contribution in [2.24, 2.45) is 5.92 Å². The van der Waals surface area contributed by atoms with Gasteiger partial charge in [-0.3, -0.25) is 4.79 Å². The lowest BCUT2D eigenvalue weighted by Crippen LogP contribution is -2.57. The van der Waals surface area contributed by atoms with Gasteiger partial charge in [-0.05, 0) is 6.42 Å². The fourth-order valence-electron chi connectivity index (χ4n) is 1.89. The molecule has 2 atom stereocenters. The number of aliphatic hydroxyl groups is 1. The highest BCUT2D eigenvalue weighted by Gasteiger charge is 2.42. The molecular weight excluding hydrogens is 222 g/mol. The predicted octanol–water partition coefficient (Wildman–Crippen LogP) is -0.821. The first kappa shape index (κ1) is 16.1. The van der Waals surface area contributed by atoms with Gasteiger partial charge in [-0.15, -0.1) is 0 Å². The molecule has 0 radical (unpaired) electrons. The van der Waals surface area contributed by atoms with Crippen LogP contribution in [-0.2, 0) is 9.59 Å². The van der Waals surface area contributed by atoms with E-state index in [2.05, 4.69) is 0 Å². The summed E-state index contributed by atoms with van der Waals surface area (Å²) in [6, 6.07) is 0. The van der Waals surface area contributed by atoms with Gasteiger partial charge in [-0.1, -0.05) is 13.8 Å². The Hall–Kier alpha value is -0.940. The lowest BCUT2D eigenvalue weighted by atomic mass is 9.85. The molecular formula is C12H23NO4. The Bertz CT molecular complexity index is 295. The summed E-state index contributed by atoms with van der Waals surface area (Å²) in [5.41, 5.74) is -1.84. The van der Waals surface area contributed by atoms with E-state index in [1.54, 1.807) is 28.1 Å². The van der Waals surface area contributed by atoms with Gasteiger partial charge in [-0.25, -0.2) is 0 Å². The van der Waals surface area contributed by atoms with Gasteiger partial charge in [0, 0.05) is 18.3 Å². The minimum atomic E-state index is -1.84. The number of carbonyl (C=O) groups excluding carboxylic acids is 2. The van der Waals surface area contributed by atoms with Crippen LogP contribution in [0.4, 0.5) is 0 Å². The lowest BCUT2D eigenvalue weighted by Gasteiger charge is -2.36. The number of carboxylic acids is 1. The van der Waals surface area contributed by atoms with E-state index in [9.17, 15) is 19.8 Å². The van der Waals surface area contributed by atoms with Gasteiger partial charge in [0.15, 0.2) is 11.4 Å². The van der Waals surface area contributed by atoms with Crippen LogP contribution in [0.25, 0.3) is 0 Å². The first-order valence-electron chi connectivity index (χ1n) is 5.79. The minimum absolute atomic E-state index is 0.0597. The summed E-state index contributed by atoms with van der Waals surface area (Å²) in [4.78, 5) is 22.7. The molecule has 0 aromatic rings. The van der Waals surface area contributed by atoms with Crippen LogP contribution in [0.3, 0.4) is 0 Å². The minimum Gasteiger partial charge on any atom is -0.550 e. The molecule has 0 amide bonds. The van der Waals surface area contributed by atoms with Crippen molar-refractivity contribution in [3.05, 3.63) is 0 Å². The molecule has 0 heterocycles. The summed E-state index contributed by atoms with van der Waals surface area (Å²) >= 11 is 0. The molecule has 0 spiro atoms. The van der Waals surface area contributed by atoms with Crippen LogP contribution in [0.5, 0.6) is 0 Å². The van der Waals surface area contributed by atoms with Gasteiger partial charge in [0.05, 0.1) is 21.1 Å². The molecule has 0 saturated heterocycles. The van der Waals surface area contributed by atoms with Crippen molar-refractivity contribution in [2.45, 2.75) is 32.3 Å². The van der Waals surface area contributed by atoms with Crippen molar-refractivity contribution in [2.75, 3.05) is 27.7 Å². The molecule has 0 bridgehead atoms. The van der Waals surface area contributed by atoms with Crippen molar-refractivity contribution in [3.63, 3.8) is 0 Å². The van der Waals surface area contributed by atoms with Crippen molar-refractivity contribution in [3.8, 4) is 0 Å². The Kier molecular flexibility index (Phi) is 5.29. The number of carboxylic acid groups (broad SMARTS) is 1. The summed E-state index contributed by atoms with van der Waals surface area (Å²) in [6.45, 7) is 3.58. The van der Waals surface area contributed by atoms with Crippen molar-refractivity contribution >= 4 is 11.8 Å². The quantitative estimate of drug-likeness (QED) is 0.594. The molecule has 0 aliphatic carbocycles. The largest absolute Gasteiger partial charge is 0.550 e. The standard InChI is InChI=1S/C12H23NO4/c1-6-9(2)11(16)12(17,7-10(14)15)8-13(3,4)5/h9,17H,6-8H2,1-5H3. The van der Waals surface area contributed by atoms with Gasteiger partial charge in [0.25, 0.3) is 0 Å². The molecule has 0 aliphatic rings. The van der Waals surface area contributed by atoms with E-state index in [-0.39, 0.29) is 12.5 Å². The van der Waals surface area contributed by atoms with E-state index in [1.165, 1.54) is 0 Å². The van der Waals surface area contributed by atoms with Crippen molar-refractivity contribution in [1.29, 1.82) is 0 Å². The topological polar surface area (TPSA) is 77.4 Å². The highest BCUT2D eigenvalue weighted by atomic mass is 16.4. The Morgan fingerprint density at radius 1 is 1.35 bits per heavy atom. The maximum absolute atomic E-state index is 12.1. The number of Topliss-reactive ketones (excluding diaryl/α,β-unsaturated/α-hetero) is 1. The molecule has 1 N–H and O–H groups in total. The van der Waals surface area contributed by atoms with E-state index in [0.29, 0.717) is 10.9 Å². The number of aliphatic carboxylic acids is 1. The highest BCUT2D eigenvalue weighted by molar-refractivity contribution is 5.92. The molecule has 5 heteroatoms. The summed E-state index contributed by atoms with van der Waals surface area (Å²) in [5.74, 6) is -2.18. The number of hydrogen-bond donors (Lipinski definition) is 1. The normalized spacial score (nSPS) is 17.3. The molecule has 5 nitrogen and oxygen atoms in total. The first-order valence-corrected chi connectivity index (χ1v) is 5.79. The Labute approximate surface area is 103 Å². The van der Waals surface area contributed by atoms with E-state index in [4.69, 9.17) is 0 Å². The van der Waals surface area contributed by atoms with E-state index >= 15 is 0 Å². The van der Waals surface area contributed by atoms with Crippen LogP contribution in [0.2, 0.25) is 0 Å². The number of nitrogens with zero attached hydrogens (tertiary/aromatic N) is 1. The molecule has 0 saturated carbocycles. The molecule has 100 valence electrons. The van der Waals surface area contributed by atoms with Crippen molar-refractivity contribution in [1.82, 2.24) is 0 Å². The monoisotopic (exact) mass is 245 g/mol. The fraction of sp³-hybridized carbons (Fsp3) is 0.833. The Morgan fingerprint density at radius 2 is 1.82 bits per heavy atom. The van der Waals surface area contributed by atoms with Gasteiger partial charge in [-0.2, -0.15) is 0 Å². The zero-order valence-electron chi connectivity index (χ0n) is 11.3. The predicted molar refractivity (Wildman–Crippen MR) is 61.9 cm³/mol. The molecule has 17 heavy (non-hydrogen) atoms. The summed E-state index contributed by atoms with van der Waals surface area (Å²) in [6.07, 6.45) is -0.0724. The smallest absolute Gasteiger partial charge is 0.177 e. The van der Waals surface area contributed by atoms with Crippen LogP contribution < -0.4 is 5.11 Å². The Morgan fingerprint density at radius 3 is 2.12 bits per heavy atom. The molecule has 0 aromatic heterocycles. The van der Waals surface area contributed by atoms with Crippen LogP contribution in [0, 0.1) is 5.92 Å². The fourth-order valence-corrected chi connectivity index (χ4v) is 1.89. The van der Waals surface area contributed by atoms with Crippen LogP contribution in [0.1, 0.15) is 26.7 Å². The third-order valence-electron chi connectivity index (χ3n) is 2.69. The second-order valence-corrected chi connectivity index (χ2v) is 5.70. The average Bonchev–Trinajstić information content (AvgIpc) is 2.10. The van der Waals surface area contributed by atoms with Gasteiger partial charge in [0.2, 0.25) is 0 Å². The SMILES string of the molecule is CCC(C)C(=O)C(O)(CC(=O)[O-])C[N+](C)(C)C. The average molecular weight is 245 g/mol.